The van der Waals surface area contributed by atoms with Crippen LogP contribution in [0.4, 0.5) is 0 Å². The van der Waals surface area contributed by atoms with Crippen molar-refractivity contribution >= 4 is 0 Å². The Morgan fingerprint density at radius 1 is 0.955 bits per heavy atom. The van der Waals surface area contributed by atoms with Crippen molar-refractivity contribution in [3.8, 4) is 0 Å². The van der Waals surface area contributed by atoms with Gasteiger partial charge in [0.25, 0.3) is 0 Å². The van der Waals surface area contributed by atoms with Crippen LogP contribution >= 0.6 is 0 Å². The van der Waals surface area contributed by atoms with Gasteiger partial charge in [-0.1, -0.05) is 30.3 Å². The van der Waals surface area contributed by atoms with Gasteiger partial charge in [0.2, 0.25) is 5.89 Å². The van der Waals surface area contributed by atoms with Crippen LogP contribution < -0.4 is 0 Å². The van der Waals surface area contributed by atoms with E-state index in [0.717, 1.165) is 36.2 Å². The number of nitrogens with zero attached hydrogens (tertiary/aromatic N) is 2. The zero-order chi connectivity index (χ0) is 15.4. The van der Waals surface area contributed by atoms with Gasteiger partial charge in [0.1, 0.15) is 11.5 Å². The van der Waals surface area contributed by atoms with Gasteiger partial charge in [-0.2, -0.15) is 0 Å². The molecule has 2 aromatic heterocycles. The molecule has 0 saturated heterocycles. The second kappa shape index (κ2) is 6.62. The number of furan rings is 1. The number of hydrogen-bond donors (Lipinski definition) is 0. The molecule has 0 saturated carbocycles. The van der Waals surface area contributed by atoms with Gasteiger partial charge < -0.3 is 8.83 Å². The lowest BCUT2D eigenvalue weighted by Gasteiger charge is -2.19. The summed E-state index contributed by atoms with van der Waals surface area (Å²) in [6, 6.07) is 14.3. The van der Waals surface area contributed by atoms with E-state index in [-0.39, 0.29) is 0 Å². The summed E-state index contributed by atoms with van der Waals surface area (Å²) in [7, 11) is 0. The Hall–Kier alpha value is -2.33. The number of hydrogen-bond acceptors (Lipinski definition) is 4. The summed E-state index contributed by atoms with van der Waals surface area (Å²) in [6.07, 6.45) is 1.70. The van der Waals surface area contributed by atoms with E-state index in [0.29, 0.717) is 6.54 Å². The summed E-state index contributed by atoms with van der Waals surface area (Å²) >= 11 is 0. The van der Waals surface area contributed by atoms with Crippen LogP contribution in [0.25, 0.3) is 0 Å². The van der Waals surface area contributed by atoms with Crippen LogP contribution in [0.1, 0.15) is 28.7 Å². The Bertz CT molecular complexity index is 683. The van der Waals surface area contributed by atoms with Crippen LogP contribution in [-0.4, -0.2) is 9.88 Å². The van der Waals surface area contributed by atoms with Crippen LogP contribution in [0.5, 0.6) is 0 Å². The monoisotopic (exact) mass is 296 g/mol. The highest BCUT2D eigenvalue weighted by atomic mass is 16.4. The fraction of sp³-hybridized carbons (Fsp3) is 0.278. The standard InChI is InChI=1S/C18H20N2O2/c1-14-15(2)22-18(19-14)13-20(12-17-9-6-10-21-17)11-16-7-4-3-5-8-16/h3-10H,11-13H2,1-2H3. The van der Waals surface area contributed by atoms with E-state index in [2.05, 4.69) is 34.1 Å². The van der Waals surface area contributed by atoms with Gasteiger partial charge >= 0.3 is 0 Å². The van der Waals surface area contributed by atoms with Crippen LogP contribution in [0, 0.1) is 13.8 Å². The molecule has 0 N–H and O–H groups in total. The third kappa shape index (κ3) is 3.65. The van der Waals surface area contributed by atoms with Gasteiger partial charge in [-0.3, -0.25) is 4.90 Å². The van der Waals surface area contributed by atoms with E-state index < -0.39 is 0 Å². The minimum absolute atomic E-state index is 0.657. The quantitative estimate of drug-likeness (QED) is 0.687. The predicted molar refractivity (Wildman–Crippen MR) is 84.1 cm³/mol. The van der Waals surface area contributed by atoms with Crippen LogP contribution in [-0.2, 0) is 19.6 Å². The van der Waals surface area contributed by atoms with Crippen molar-refractivity contribution in [2.75, 3.05) is 0 Å². The lowest BCUT2D eigenvalue weighted by Crippen LogP contribution is -2.22. The zero-order valence-corrected chi connectivity index (χ0v) is 13.0. The molecule has 0 spiro atoms. The maximum atomic E-state index is 5.72. The SMILES string of the molecule is Cc1nc(CN(Cc2ccccc2)Cc2ccco2)oc1C. The molecule has 114 valence electrons. The van der Waals surface area contributed by atoms with Crippen molar-refractivity contribution in [3.05, 3.63) is 77.4 Å². The Morgan fingerprint density at radius 2 is 1.77 bits per heavy atom. The van der Waals surface area contributed by atoms with E-state index in [4.69, 9.17) is 8.83 Å². The van der Waals surface area contributed by atoms with Crippen LogP contribution in [0.15, 0.2) is 57.6 Å². The molecule has 22 heavy (non-hydrogen) atoms. The average molecular weight is 296 g/mol. The molecule has 0 bridgehead atoms. The van der Waals surface area contributed by atoms with Gasteiger partial charge in [-0.15, -0.1) is 0 Å². The molecule has 4 nitrogen and oxygen atoms in total. The number of aryl methyl sites for hydroxylation is 2. The number of benzene rings is 1. The molecular formula is C18H20N2O2. The fourth-order valence-electron chi connectivity index (χ4n) is 2.43. The van der Waals surface area contributed by atoms with E-state index in [1.807, 2.05) is 32.0 Å². The molecule has 3 rings (SSSR count). The summed E-state index contributed by atoms with van der Waals surface area (Å²) in [4.78, 5) is 6.74. The lowest BCUT2D eigenvalue weighted by molar-refractivity contribution is 0.204. The Morgan fingerprint density at radius 3 is 2.41 bits per heavy atom. The van der Waals surface area contributed by atoms with E-state index in [1.54, 1.807) is 6.26 Å². The first kappa shape index (κ1) is 14.6. The molecule has 0 amide bonds. The number of aromatic nitrogens is 1. The second-order valence-electron chi connectivity index (χ2n) is 5.46. The van der Waals surface area contributed by atoms with Crippen LogP contribution in [0.3, 0.4) is 0 Å². The molecule has 1 aromatic carbocycles. The Kier molecular flexibility index (Phi) is 4.39. The van der Waals surface area contributed by atoms with Gasteiger partial charge in [-0.25, -0.2) is 4.98 Å². The second-order valence-corrected chi connectivity index (χ2v) is 5.46. The molecule has 3 aromatic rings. The molecular weight excluding hydrogens is 276 g/mol. The summed E-state index contributed by atoms with van der Waals surface area (Å²) in [5, 5.41) is 0. The molecule has 4 heteroatoms. The van der Waals surface area contributed by atoms with Crippen molar-refractivity contribution in [2.24, 2.45) is 0 Å². The van der Waals surface area contributed by atoms with E-state index in [1.165, 1.54) is 5.56 Å². The highest BCUT2D eigenvalue weighted by molar-refractivity contribution is 5.15. The first-order valence-corrected chi connectivity index (χ1v) is 7.42. The molecule has 0 fully saturated rings. The van der Waals surface area contributed by atoms with Gasteiger partial charge in [0.05, 0.1) is 25.0 Å². The molecule has 0 radical (unpaired) electrons. The Balaban J connectivity index is 1.76. The van der Waals surface area contributed by atoms with Crippen molar-refractivity contribution in [1.82, 2.24) is 9.88 Å². The molecule has 0 aliphatic heterocycles. The first-order valence-electron chi connectivity index (χ1n) is 7.42. The highest BCUT2D eigenvalue weighted by Crippen LogP contribution is 2.16. The van der Waals surface area contributed by atoms with Gasteiger partial charge in [0.15, 0.2) is 0 Å². The van der Waals surface area contributed by atoms with Crippen molar-refractivity contribution in [3.63, 3.8) is 0 Å². The topological polar surface area (TPSA) is 42.4 Å². The zero-order valence-electron chi connectivity index (χ0n) is 13.0. The summed E-state index contributed by atoms with van der Waals surface area (Å²) < 4.78 is 11.2. The molecule has 0 atom stereocenters. The predicted octanol–water partition coefficient (Wildman–Crippen LogP) is 4.09. The van der Waals surface area contributed by atoms with Gasteiger partial charge in [-0.05, 0) is 31.5 Å². The van der Waals surface area contributed by atoms with Gasteiger partial charge in [0, 0.05) is 6.54 Å². The smallest absolute Gasteiger partial charge is 0.208 e. The van der Waals surface area contributed by atoms with Crippen molar-refractivity contribution in [1.29, 1.82) is 0 Å². The highest BCUT2D eigenvalue weighted by Gasteiger charge is 2.14. The number of rotatable bonds is 6. The normalized spacial score (nSPS) is 11.2. The number of oxazole rings is 1. The van der Waals surface area contributed by atoms with Crippen LogP contribution in [0.2, 0.25) is 0 Å². The average Bonchev–Trinajstić information content (AvgIpc) is 3.11. The molecule has 0 unspecified atom stereocenters. The van der Waals surface area contributed by atoms with Crippen molar-refractivity contribution in [2.45, 2.75) is 33.5 Å². The molecule has 0 aliphatic rings. The minimum Gasteiger partial charge on any atom is -0.468 e. The summed E-state index contributed by atoms with van der Waals surface area (Å²) in [5.41, 5.74) is 2.21. The molecule has 0 aliphatic carbocycles. The van der Waals surface area contributed by atoms with Crippen molar-refractivity contribution < 1.29 is 8.83 Å². The first-order chi connectivity index (χ1) is 10.7. The largest absolute Gasteiger partial charge is 0.468 e. The molecule has 2 heterocycles. The minimum atomic E-state index is 0.657. The Labute approximate surface area is 130 Å². The maximum absolute atomic E-state index is 5.72. The van der Waals surface area contributed by atoms with E-state index in [9.17, 15) is 0 Å². The third-order valence-electron chi connectivity index (χ3n) is 3.64. The fourth-order valence-corrected chi connectivity index (χ4v) is 2.43. The summed E-state index contributed by atoms with van der Waals surface area (Å²) in [5.74, 6) is 2.57. The third-order valence-corrected chi connectivity index (χ3v) is 3.64. The summed E-state index contributed by atoms with van der Waals surface area (Å²) in [6.45, 7) is 6.12. The lowest BCUT2D eigenvalue weighted by atomic mass is 10.2. The van der Waals surface area contributed by atoms with E-state index >= 15 is 0 Å². The maximum Gasteiger partial charge on any atom is 0.208 e.